The highest BCUT2D eigenvalue weighted by Gasteiger charge is 2.14. The molecule has 0 N–H and O–H groups in total. The molecule has 0 aliphatic carbocycles. The van der Waals surface area contributed by atoms with Gasteiger partial charge < -0.3 is 4.90 Å². The number of hydrogen-bond acceptors (Lipinski definition) is 3. The third kappa shape index (κ3) is 5.54. The summed E-state index contributed by atoms with van der Waals surface area (Å²) >= 11 is 5.83. The quantitative estimate of drug-likeness (QED) is 0.537. The predicted molar refractivity (Wildman–Crippen MR) is 109 cm³/mol. The zero-order valence-corrected chi connectivity index (χ0v) is 16.5. The highest BCUT2D eigenvalue weighted by Crippen LogP contribution is 2.13. The standard InChI is InChI=1S/C22H22ClN3O2/c1-25(22(28)12-11-21(27)19-7-9-20(23)10-8-19)14-18-13-24-26(16-18)15-17-5-3-2-4-6-17/h2-10,13,16H,11-12,14-15H2,1H3. The number of Topliss-reactive ketones (excluding diaryl/α,β-unsaturated/α-hetero) is 1. The Kier molecular flexibility index (Phi) is 6.61. The van der Waals surface area contributed by atoms with Crippen molar-refractivity contribution < 1.29 is 9.59 Å². The molecule has 28 heavy (non-hydrogen) atoms. The van der Waals surface area contributed by atoms with E-state index in [1.165, 1.54) is 5.56 Å². The molecule has 0 saturated heterocycles. The fourth-order valence-electron chi connectivity index (χ4n) is 2.90. The van der Waals surface area contributed by atoms with Crippen molar-refractivity contribution in [3.8, 4) is 0 Å². The lowest BCUT2D eigenvalue weighted by atomic mass is 10.1. The van der Waals surface area contributed by atoms with Gasteiger partial charge in [0.2, 0.25) is 5.91 Å². The van der Waals surface area contributed by atoms with Crippen molar-refractivity contribution in [2.24, 2.45) is 0 Å². The van der Waals surface area contributed by atoms with Crippen LogP contribution >= 0.6 is 11.6 Å². The average Bonchev–Trinajstić information content (AvgIpc) is 3.13. The molecule has 0 atom stereocenters. The van der Waals surface area contributed by atoms with Crippen molar-refractivity contribution in [3.63, 3.8) is 0 Å². The van der Waals surface area contributed by atoms with Gasteiger partial charge in [-0.25, -0.2) is 0 Å². The second-order valence-electron chi connectivity index (χ2n) is 6.71. The molecule has 6 heteroatoms. The number of carbonyl (C=O) groups excluding carboxylic acids is 2. The Labute approximate surface area is 169 Å². The van der Waals surface area contributed by atoms with Gasteiger partial charge in [-0.05, 0) is 29.8 Å². The van der Waals surface area contributed by atoms with Gasteiger partial charge in [0, 0.05) is 48.8 Å². The minimum absolute atomic E-state index is 0.0610. The molecule has 0 radical (unpaired) electrons. The van der Waals surface area contributed by atoms with Crippen LogP contribution in [0.2, 0.25) is 5.02 Å². The average molecular weight is 396 g/mol. The van der Waals surface area contributed by atoms with E-state index in [-0.39, 0.29) is 24.5 Å². The normalized spacial score (nSPS) is 10.6. The number of halogens is 1. The SMILES string of the molecule is CN(Cc1cnn(Cc2ccccc2)c1)C(=O)CCC(=O)c1ccc(Cl)cc1. The molecule has 0 saturated carbocycles. The number of rotatable bonds is 8. The summed E-state index contributed by atoms with van der Waals surface area (Å²) < 4.78 is 1.85. The van der Waals surface area contributed by atoms with Crippen LogP contribution in [-0.4, -0.2) is 33.4 Å². The molecule has 1 amide bonds. The molecule has 3 aromatic rings. The smallest absolute Gasteiger partial charge is 0.223 e. The Hall–Kier alpha value is -2.92. The summed E-state index contributed by atoms with van der Waals surface area (Å²) in [6.07, 6.45) is 4.06. The fourth-order valence-corrected chi connectivity index (χ4v) is 3.02. The lowest BCUT2D eigenvalue weighted by Gasteiger charge is -2.16. The largest absolute Gasteiger partial charge is 0.341 e. The minimum Gasteiger partial charge on any atom is -0.341 e. The van der Waals surface area contributed by atoms with Crippen LogP contribution in [0.3, 0.4) is 0 Å². The number of aromatic nitrogens is 2. The second-order valence-corrected chi connectivity index (χ2v) is 7.15. The van der Waals surface area contributed by atoms with Gasteiger partial charge >= 0.3 is 0 Å². The number of amides is 1. The number of hydrogen-bond donors (Lipinski definition) is 0. The van der Waals surface area contributed by atoms with E-state index in [0.29, 0.717) is 23.7 Å². The Morgan fingerprint density at radius 2 is 1.71 bits per heavy atom. The van der Waals surface area contributed by atoms with Gasteiger partial charge in [-0.15, -0.1) is 0 Å². The Bertz CT molecular complexity index is 936. The van der Waals surface area contributed by atoms with E-state index in [9.17, 15) is 9.59 Å². The van der Waals surface area contributed by atoms with E-state index in [1.54, 1.807) is 42.4 Å². The van der Waals surface area contributed by atoms with Crippen LogP contribution in [0.15, 0.2) is 67.0 Å². The van der Waals surface area contributed by atoms with Crippen LogP contribution in [0.1, 0.15) is 34.3 Å². The molecule has 144 valence electrons. The first-order chi connectivity index (χ1) is 13.5. The maximum absolute atomic E-state index is 12.4. The molecule has 1 aromatic heterocycles. The molecule has 1 heterocycles. The Balaban J connectivity index is 1.49. The van der Waals surface area contributed by atoms with E-state index in [0.717, 1.165) is 5.56 Å². The monoisotopic (exact) mass is 395 g/mol. The zero-order chi connectivity index (χ0) is 19.9. The van der Waals surface area contributed by atoms with Crippen molar-refractivity contribution >= 4 is 23.3 Å². The number of nitrogens with zero attached hydrogens (tertiary/aromatic N) is 3. The van der Waals surface area contributed by atoms with Gasteiger partial charge in [-0.2, -0.15) is 5.10 Å². The summed E-state index contributed by atoms with van der Waals surface area (Å²) in [5, 5.41) is 4.94. The van der Waals surface area contributed by atoms with Crippen molar-refractivity contribution in [3.05, 3.63) is 88.7 Å². The molecule has 2 aromatic carbocycles. The molecule has 0 bridgehead atoms. The zero-order valence-electron chi connectivity index (χ0n) is 15.7. The number of carbonyl (C=O) groups is 2. The van der Waals surface area contributed by atoms with Gasteiger partial charge in [0.1, 0.15) is 0 Å². The first kappa shape index (κ1) is 19.8. The van der Waals surface area contributed by atoms with Crippen molar-refractivity contribution in [1.29, 1.82) is 0 Å². The highest BCUT2D eigenvalue weighted by molar-refractivity contribution is 6.30. The highest BCUT2D eigenvalue weighted by atomic mass is 35.5. The van der Waals surface area contributed by atoms with E-state index in [2.05, 4.69) is 17.2 Å². The minimum atomic E-state index is -0.0712. The fraction of sp³-hybridized carbons (Fsp3) is 0.227. The van der Waals surface area contributed by atoms with Crippen LogP contribution in [-0.2, 0) is 17.9 Å². The molecule has 0 spiro atoms. The summed E-state index contributed by atoms with van der Waals surface area (Å²) in [7, 11) is 1.74. The van der Waals surface area contributed by atoms with E-state index in [1.807, 2.05) is 29.1 Å². The third-order valence-corrected chi connectivity index (χ3v) is 4.70. The summed E-state index contributed by atoms with van der Waals surface area (Å²) in [6.45, 7) is 1.15. The summed E-state index contributed by atoms with van der Waals surface area (Å²) in [5.74, 6) is -0.132. The van der Waals surface area contributed by atoms with Crippen LogP contribution in [0.5, 0.6) is 0 Å². The number of benzene rings is 2. The summed E-state index contributed by atoms with van der Waals surface area (Å²) in [6, 6.07) is 16.8. The van der Waals surface area contributed by atoms with Gasteiger partial charge in [0.25, 0.3) is 0 Å². The molecular weight excluding hydrogens is 374 g/mol. The molecule has 0 aliphatic heterocycles. The van der Waals surface area contributed by atoms with Gasteiger partial charge in [0.05, 0.1) is 12.7 Å². The summed E-state index contributed by atoms with van der Waals surface area (Å²) in [4.78, 5) is 26.2. The Morgan fingerprint density at radius 3 is 2.43 bits per heavy atom. The maximum Gasteiger partial charge on any atom is 0.223 e. The lowest BCUT2D eigenvalue weighted by Crippen LogP contribution is -2.26. The topological polar surface area (TPSA) is 55.2 Å². The van der Waals surface area contributed by atoms with Crippen LogP contribution < -0.4 is 0 Å². The molecule has 0 aliphatic rings. The van der Waals surface area contributed by atoms with Crippen LogP contribution in [0.25, 0.3) is 0 Å². The molecular formula is C22H22ClN3O2. The van der Waals surface area contributed by atoms with Crippen LogP contribution in [0, 0.1) is 0 Å². The van der Waals surface area contributed by atoms with Crippen molar-refractivity contribution in [2.75, 3.05) is 7.05 Å². The van der Waals surface area contributed by atoms with Crippen molar-refractivity contribution in [2.45, 2.75) is 25.9 Å². The van der Waals surface area contributed by atoms with Gasteiger partial charge in [-0.3, -0.25) is 14.3 Å². The van der Waals surface area contributed by atoms with Gasteiger partial charge in [-0.1, -0.05) is 41.9 Å². The number of ketones is 1. The first-order valence-corrected chi connectivity index (χ1v) is 9.47. The van der Waals surface area contributed by atoms with E-state index < -0.39 is 0 Å². The van der Waals surface area contributed by atoms with Crippen molar-refractivity contribution in [1.82, 2.24) is 14.7 Å². The second kappa shape index (κ2) is 9.33. The maximum atomic E-state index is 12.4. The first-order valence-electron chi connectivity index (χ1n) is 9.09. The van der Waals surface area contributed by atoms with Crippen LogP contribution in [0.4, 0.5) is 0 Å². The molecule has 5 nitrogen and oxygen atoms in total. The molecule has 3 rings (SSSR count). The van der Waals surface area contributed by atoms with Gasteiger partial charge in [0.15, 0.2) is 5.78 Å². The molecule has 0 unspecified atom stereocenters. The molecule has 0 fully saturated rings. The Morgan fingerprint density at radius 1 is 1.00 bits per heavy atom. The summed E-state index contributed by atoms with van der Waals surface area (Å²) in [5.41, 5.74) is 2.69. The third-order valence-electron chi connectivity index (χ3n) is 4.45. The lowest BCUT2D eigenvalue weighted by molar-refractivity contribution is -0.130. The predicted octanol–water partition coefficient (Wildman–Crippen LogP) is 4.21. The van der Waals surface area contributed by atoms with E-state index >= 15 is 0 Å². The van der Waals surface area contributed by atoms with E-state index in [4.69, 9.17) is 11.6 Å².